The van der Waals surface area contributed by atoms with Crippen LogP contribution in [0.4, 0.5) is 5.82 Å². The topological polar surface area (TPSA) is 140 Å². The molecule has 0 fully saturated rings. The average molecular weight is 691 g/mol. The smallest absolute Gasteiger partial charge is 0.459 e. The zero-order chi connectivity index (χ0) is 31.9. The van der Waals surface area contributed by atoms with Crippen molar-refractivity contribution in [3.63, 3.8) is 0 Å². The molecule has 0 aliphatic heterocycles. The molecule has 2 aromatic heterocycles. The van der Waals surface area contributed by atoms with E-state index in [2.05, 4.69) is 37.5 Å². The summed E-state index contributed by atoms with van der Waals surface area (Å²) in [7, 11) is -4.03. The number of hydrogen-bond donors (Lipinski definition) is 2. The fourth-order valence-electron chi connectivity index (χ4n) is 4.95. The molecule has 0 aliphatic carbocycles. The van der Waals surface area contributed by atoms with Crippen molar-refractivity contribution in [3.8, 4) is 5.75 Å². The number of ether oxygens (including phenoxy) is 2. The molecule has 2 aromatic carbocycles. The van der Waals surface area contributed by atoms with Crippen LogP contribution in [-0.2, 0) is 30.0 Å². The van der Waals surface area contributed by atoms with Crippen molar-refractivity contribution in [2.45, 2.75) is 78.7 Å². The van der Waals surface area contributed by atoms with E-state index in [1.165, 1.54) is 0 Å². The first kappa shape index (κ1) is 33.9. The minimum Gasteiger partial charge on any atom is -0.462 e. The number of esters is 1. The highest BCUT2D eigenvalue weighted by Gasteiger charge is 2.33. The Morgan fingerprint density at radius 2 is 1.80 bits per heavy atom. The molecule has 238 valence electrons. The minimum absolute atomic E-state index is 0.0592. The fourth-order valence-corrected chi connectivity index (χ4v) is 6.72. The molecular formula is C31H41BrN5O6P. The van der Waals surface area contributed by atoms with E-state index in [1.807, 2.05) is 31.2 Å². The van der Waals surface area contributed by atoms with Gasteiger partial charge in [0.15, 0.2) is 5.82 Å². The highest BCUT2D eigenvalue weighted by molar-refractivity contribution is 9.10. The Balaban J connectivity index is 1.66. The summed E-state index contributed by atoms with van der Waals surface area (Å²) in [6.45, 7) is 9.98. The number of hydrogen-bond acceptors (Lipinski definition) is 9. The van der Waals surface area contributed by atoms with Crippen LogP contribution in [0.5, 0.6) is 5.75 Å². The number of aromatic nitrogens is 3. The number of halogens is 1. The van der Waals surface area contributed by atoms with Crippen LogP contribution in [0.25, 0.3) is 21.9 Å². The number of nitrogens with one attached hydrogen (secondary N) is 1. The molecule has 4 aromatic rings. The number of anilines is 1. The molecule has 2 heterocycles. The lowest BCUT2D eigenvalue weighted by atomic mass is 10.1. The highest BCUT2D eigenvalue weighted by Crippen LogP contribution is 2.46. The van der Waals surface area contributed by atoms with Crippen LogP contribution in [-0.4, -0.2) is 45.9 Å². The standard InChI is InChI=1S/C31H41BrN5O6P/c1-6-10-23(37-27(19-40-7-2)35-28-29(37)25-11-8-9-12-26(25)34-30(28)33)17-18-41-44(39,36-21(5)31(38)42-20(3)4)43-24-15-13-22(32)14-16-24/h8-9,11-16,20-21,23H,6-7,10,17-19H2,1-5H3,(H2,33,34)(H,36,39)/t21-,23+,44-/m0/s1. The summed E-state index contributed by atoms with van der Waals surface area (Å²) in [4.78, 5) is 22.0. The summed E-state index contributed by atoms with van der Waals surface area (Å²) in [6, 6.07) is 13.6. The first-order chi connectivity index (χ1) is 21.0. The predicted molar refractivity (Wildman–Crippen MR) is 175 cm³/mol. The normalized spacial score (nSPS) is 14.5. The third-order valence-corrected chi connectivity index (χ3v) is 9.06. The minimum atomic E-state index is -4.03. The second kappa shape index (κ2) is 15.3. The maximum absolute atomic E-state index is 14.1. The molecule has 13 heteroatoms. The Kier molecular flexibility index (Phi) is 11.8. The third kappa shape index (κ3) is 8.37. The SMILES string of the molecule is CCC[C@H](CCO[P@@](=O)(N[C@@H](C)C(=O)OC(C)C)Oc1ccc(Br)cc1)n1c(COCC)nc2c(N)nc3ccccc3c21. The van der Waals surface area contributed by atoms with Gasteiger partial charge in [0, 0.05) is 22.5 Å². The predicted octanol–water partition coefficient (Wildman–Crippen LogP) is 7.33. The molecule has 11 nitrogen and oxygen atoms in total. The summed E-state index contributed by atoms with van der Waals surface area (Å²) >= 11 is 3.40. The zero-order valence-corrected chi connectivity index (χ0v) is 28.3. The van der Waals surface area contributed by atoms with Gasteiger partial charge in [-0.1, -0.05) is 47.5 Å². The number of pyridine rings is 1. The molecule has 0 radical (unpaired) electrons. The van der Waals surface area contributed by atoms with Gasteiger partial charge in [0.05, 0.1) is 23.7 Å². The number of rotatable bonds is 16. The lowest BCUT2D eigenvalue weighted by Crippen LogP contribution is -2.36. The van der Waals surface area contributed by atoms with Crippen LogP contribution in [0.15, 0.2) is 53.0 Å². The summed E-state index contributed by atoms with van der Waals surface area (Å²) in [5.41, 5.74) is 8.65. The Hall–Kier alpha value is -3.02. The molecule has 3 atom stereocenters. The van der Waals surface area contributed by atoms with Gasteiger partial charge in [0.25, 0.3) is 0 Å². The molecule has 0 amide bonds. The lowest BCUT2D eigenvalue weighted by Gasteiger charge is -2.25. The largest absolute Gasteiger partial charge is 0.462 e. The number of para-hydroxylation sites is 1. The van der Waals surface area contributed by atoms with E-state index in [1.54, 1.807) is 45.0 Å². The number of nitrogens with zero attached hydrogens (tertiary/aromatic N) is 3. The highest BCUT2D eigenvalue weighted by atomic mass is 79.9. The number of imidazole rings is 1. The van der Waals surface area contributed by atoms with Gasteiger partial charge in [-0.15, -0.1) is 0 Å². The molecule has 0 spiro atoms. The molecule has 0 aliphatic rings. The van der Waals surface area contributed by atoms with Crippen molar-refractivity contribution in [2.24, 2.45) is 0 Å². The van der Waals surface area contributed by atoms with E-state index < -0.39 is 19.8 Å². The van der Waals surface area contributed by atoms with Gasteiger partial charge < -0.3 is 24.3 Å². The van der Waals surface area contributed by atoms with Crippen LogP contribution in [0, 0.1) is 0 Å². The van der Waals surface area contributed by atoms with Gasteiger partial charge in [0.1, 0.15) is 29.7 Å². The number of nitrogens with two attached hydrogens (primary N) is 1. The van der Waals surface area contributed by atoms with Gasteiger partial charge in [0.2, 0.25) is 0 Å². The van der Waals surface area contributed by atoms with E-state index >= 15 is 0 Å². The first-order valence-corrected chi connectivity index (χ1v) is 17.2. The van der Waals surface area contributed by atoms with Crippen molar-refractivity contribution in [1.82, 2.24) is 19.6 Å². The molecule has 4 rings (SSSR count). The van der Waals surface area contributed by atoms with Crippen molar-refractivity contribution in [1.29, 1.82) is 0 Å². The second-order valence-corrected chi connectivity index (χ2v) is 13.3. The molecule has 44 heavy (non-hydrogen) atoms. The van der Waals surface area contributed by atoms with Crippen LogP contribution in [0.3, 0.4) is 0 Å². The third-order valence-electron chi connectivity index (χ3n) is 6.86. The zero-order valence-electron chi connectivity index (χ0n) is 25.8. The molecule has 3 N–H and O–H groups in total. The van der Waals surface area contributed by atoms with Crippen LogP contribution < -0.4 is 15.3 Å². The van der Waals surface area contributed by atoms with Crippen molar-refractivity contribution >= 4 is 57.4 Å². The van der Waals surface area contributed by atoms with E-state index in [4.69, 9.17) is 29.2 Å². The number of carbonyl (C=O) groups is 1. The van der Waals surface area contributed by atoms with Gasteiger partial charge in [-0.3, -0.25) is 9.32 Å². The van der Waals surface area contributed by atoms with Crippen molar-refractivity contribution < 1.29 is 27.9 Å². The van der Waals surface area contributed by atoms with Crippen LogP contribution in [0.2, 0.25) is 0 Å². The summed E-state index contributed by atoms with van der Waals surface area (Å²) < 4.78 is 40.1. The maximum Gasteiger partial charge on any atom is 0.459 e. The van der Waals surface area contributed by atoms with E-state index in [0.717, 1.165) is 39.6 Å². The quantitative estimate of drug-likeness (QED) is 0.0907. The number of nitrogen functional groups attached to an aromatic ring is 1. The Labute approximate surface area is 266 Å². The van der Waals surface area contributed by atoms with Crippen LogP contribution >= 0.6 is 23.7 Å². The number of fused-ring (bicyclic) bond motifs is 3. The van der Waals surface area contributed by atoms with Gasteiger partial charge >= 0.3 is 13.7 Å². The summed E-state index contributed by atoms with van der Waals surface area (Å²) in [5.74, 6) is 0.839. The van der Waals surface area contributed by atoms with E-state index in [-0.39, 0.29) is 18.8 Å². The van der Waals surface area contributed by atoms with Gasteiger partial charge in [-0.2, -0.15) is 5.09 Å². The monoisotopic (exact) mass is 689 g/mol. The molecule has 0 saturated heterocycles. The molecule has 0 bridgehead atoms. The molecule has 0 saturated carbocycles. The van der Waals surface area contributed by atoms with Crippen molar-refractivity contribution in [2.75, 3.05) is 18.9 Å². The fraction of sp³-hybridized carbons (Fsp3) is 0.452. The van der Waals surface area contributed by atoms with E-state index in [0.29, 0.717) is 36.7 Å². The molecule has 0 unspecified atom stereocenters. The first-order valence-electron chi connectivity index (χ1n) is 14.9. The Morgan fingerprint density at radius 3 is 2.48 bits per heavy atom. The van der Waals surface area contributed by atoms with E-state index in [9.17, 15) is 9.36 Å². The number of carbonyl (C=O) groups excluding carboxylic acids is 1. The lowest BCUT2D eigenvalue weighted by molar-refractivity contribution is -0.149. The van der Waals surface area contributed by atoms with Crippen LogP contribution in [0.1, 0.15) is 65.7 Å². The second-order valence-electron chi connectivity index (χ2n) is 10.7. The summed E-state index contributed by atoms with van der Waals surface area (Å²) in [6.07, 6.45) is 1.80. The summed E-state index contributed by atoms with van der Waals surface area (Å²) in [5, 5.41) is 3.69. The Morgan fingerprint density at radius 1 is 1.07 bits per heavy atom. The van der Waals surface area contributed by atoms with Gasteiger partial charge in [-0.05, 0) is 70.9 Å². The maximum atomic E-state index is 14.1. The number of benzene rings is 2. The van der Waals surface area contributed by atoms with Gasteiger partial charge in [-0.25, -0.2) is 14.5 Å². The molecular weight excluding hydrogens is 649 g/mol. The van der Waals surface area contributed by atoms with Crippen molar-refractivity contribution in [3.05, 3.63) is 58.8 Å². The average Bonchev–Trinajstić information content (AvgIpc) is 3.36. The Bertz CT molecular complexity index is 1610.